The molecule has 0 unspecified atom stereocenters. The van der Waals surface area contributed by atoms with E-state index in [9.17, 15) is 4.79 Å². The first-order valence-corrected chi connectivity index (χ1v) is 5.08. The fourth-order valence-corrected chi connectivity index (χ4v) is 1.75. The molecule has 0 amide bonds. The molecule has 0 saturated carbocycles. The van der Waals surface area contributed by atoms with Crippen molar-refractivity contribution in [1.82, 2.24) is 0 Å². The van der Waals surface area contributed by atoms with Gasteiger partial charge in [-0.2, -0.15) is 0 Å². The van der Waals surface area contributed by atoms with Crippen LogP contribution in [-0.4, -0.2) is 0 Å². The van der Waals surface area contributed by atoms with Gasteiger partial charge in [-0.3, -0.25) is 0 Å². The van der Waals surface area contributed by atoms with Gasteiger partial charge < -0.3 is 4.42 Å². The fraction of sp³-hybridized carbons (Fsp3) is 0.300. The molecule has 0 atom stereocenters. The molecule has 0 N–H and O–H groups in total. The van der Waals surface area contributed by atoms with Crippen molar-refractivity contribution in [1.29, 1.82) is 0 Å². The Kier molecular flexibility index (Phi) is 3.25. The predicted molar refractivity (Wildman–Crippen MR) is 56.4 cm³/mol. The molecule has 1 aromatic heterocycles. The van der Waals surface area contributed by atoms with Gasteiger partial charge >= 0.3 is 4.94 Å². The minimum atomic E-state index is -0.231. The van der Waals surface area contributed by atoms with Crippen LogP contribution in [0.3, 0.4) is 0 Å². The number of hydrogen-bond donors (Lipinski definition) is 0. The van der Waals surface area contributed by atoms with Crippen molar-refractivity contribution in [3.63, 3.8) is 0 Å². The Hall–Kier alpha value is -1.09. The maximum atomic E-state index is 10.8. The van der Waals surface area contributed by atoms with Crippen molar-refractivity contribution in [3.8, 4) is 0 Å². The van der Waals surface area contributed by atoms with Crippen LogP contribution in [0.5, 0.6) is 0 Å². The van der Waals surface area contributed by atoms with Crippen LogP contribution in [0.25, 0.3) is 10.3 Å². The first-order valence-electron chi connectivity index (χ1n) is 4.26. The number of hydrogen-bond acceptors (Lipinski definition) is 3. The number of benzene rings is 1. The largest absolute Gasteiger partial charge is 0.414 e. The van der Waals surface area contributed by atoms with E-state index in [-0.39, 0.29) is 4.94 Å². The summed E-state index contributed by atoms with van der Waals surface area (Å²) in [5.41, 5.74) is 1.83. The van der Waals surface area contributed by atoms with E-state index in [1.807, 2.05) is 39.0 Å². The van der Waals surface area contributed by atoms with Gasteiger partial charge in [0.15, 0.2) is 0 Å². The van der Waals surface area contributed by atoms with Gasteiger partial charge in [0.2, 0.25) is 0 Å². The molecule has 70 valence electrons. The molecule has 0 saturated heterocycles. The molecule has 2 aromatic rings. The second-order valence-corrected chi connectivity index (χ2v) is 3.38. The third kappa shape index (κ3) is 2.18. The summed E-state index contributed by atoms with van der Waals surface area (Å²) in [6.07, 6.45) is 0. The summed E-state index contributed by atoms with van der Waals surface area (Å²) in [6, 6.07) is 5.70. The Morgan fingerprint density at radius 1 is 1.31 bits per heavy atom. The van der Waals surface area contributed by atoms with Gasteiger partial charge in [-0.1, -0.05) is 31.3 Å². The van der Waals surface area contributed by atoms with E-state index in [1.54, 1.807) is 0 Å². The Morgan fingerprint density at radius 2 is 2.00 bits per heavy atom. The molecule has 2 rings (SSSR count). The SMILES string of the molecule is CC.Cc1ccc2oc(=O)sc2c1. The van der Waals surface area contributed by atoms with Crippen molar-refractivity contribution in [2.24, 2.45) is 0 Å². The summed E-state index contributed by atoms with van der Waals surface area (Å²) >= 11 is 1.14. The van der Waals surface area contributed by atoms with Gasteiger partial charge in [-0.05, 0) is 24.6 Å². The van der Waals surface area contributed by atoms with E-state index in [1.165, 1.54) is 0 Å². The van der Waals surface area contributed by atoms with E-state index >= 15 is 0 Å². The smallest absolute Gasteiger partial charge is 0.396 e. The van der Waals surface area contributed by atoms with Gasteiger partial charge in [0.05, 0.1) is 4.70 Å². The molecule has 0 aliphatic carbocycles. The molecule has 0 fully saturated rings. The number of aryl methyl sites for hydroxylation is 1. The van der Waals surface area contributed by atoms with Crippen molar-refractivity contribution < 1.29 is 4.42 Å². The number of fused-ring (bicyclic) bond motifs is 1. The quantitative estimate of drug-likeness (QED) is 0.647. The second-order valence-electron chi connectivity index (χ2n) is 2.40. The summed E-state index contributed by atoms with van der Waals surface area (Å²) in [5, 5.41) is 0. The molecule has 0 aliphatic heterocycles. The average molecular weight is 196 g/mol. The van der Waals surface area contributed by atoms with Crippen LogP contribution in [0.2, 0.25) is 0 Å². The van der Waals surface area contributed by atoms with Crippen molar-refractivity contribution in [2.45, 2.75) is 20.8 Å². The molecule has 13 heavy (non-hydrogen) atoms. The summed E-state index contributed by atoms with van der Waals surface area (Å²) < 4.78 is 5.81. The third-order valence-corrected chi connectivity index (χ3v) is 2.27. The molecular weight excluding hydrogens is 184 g/mol. The molecule has 0 bridgehead atoms. The lowest BCUT2D eigenvalue weighted by Crippen LogP contribution is -1.79. The molecule has 0 aliphatic rings. The molecule has 3 heteroatoms. The molecule has 1 heterocycles. The zero-order valence-corrected chi connectivity index (χ0v) is 8.77. The van der Waals surface area contributed by atoms with E-state index in [0.717, 1.165) is 21.6 Å². The minimum Gasteiger partial charge on any atom is -0.414 e. The highest BCUT2D eigenvalue weighted by Gasteiger charge is 1.99. The Morgan fingerprint density at radius 3 is 2.69 bits per heavy atom. The molecule has 0 radical (unpaired) electrons. The zero-order valence-electron chi connectivity index (χ0n) is 7.96. The van der Waals surface area contributed by atoms with Crippen molar-refractivity contribution in [2.75, 3.05) is 0 Å². The first-order chi connectivity index (χ1) is 6.25. The Labute approximate surface area is 80.8 Å². The Balaban J connectivity index is 0.000000396. The topological polar surface area (TPSA) is 30.2 Å². The zero-order chi connectivity index (χ0) is 9.84. The highest BCUT2D eigenvalue weighted by molar-refractivity contribution is 7.16. The number of rotatable bonds is 0. The standard InChI is InChI=1S/C8H6O2S.C2H6/c1-5-2-3-6-7(4-5)11-8(9)10-6;1-2/h2-4H,1H3;1-2H3. The molecule has 1 aromatic carbocycles. The van der Waals surface area contributed by atoms with E-state index < -0.39 is 0 Å². The van der Waals surface area contributed by atoms with Crippen LogP contribution in [0.1, 0.15) is 19.4 Å². The van der Waals surface area contributed by atoms with Gasteiger partial charge in [0, 0.05) is 0 Å². The van der Waals surface area contributed by atoms with Gasteiger partial charge in [-0.15, -0.1) is 0 Å². The van der Waals surface area contributed by atoms with Crippen molar-refractivity contribution >= 4 is 21.6 Å². The maximum Gasteiger partial charge on any atom is 0.396 e. The fourth-order valence-electron chi connectivity index (χ4n) is 0.980. The van der Waals surface area contributed by atoms with E-state index in [4.69, 9.17) is 4.42 Å². The summed E-state index contributed by atoms with van der Waals surface area (Å²) in [4.78, 5) is 10.5. The lowest BCUT2D eigenvalue weighted by molar-refractivity contribution is 0.585. The summed E-state index contributed by atoms with van der Waals surface area (Å²) in [5.74, 6) is 0. The average Bonchev–Trinajstić information content (AvgIpc) is 2.48. The predicted octanol–water partition coefficient (Wildman–Crippen LogP) is 3.19. The monoisotopic (exact) mass is 196 g/mol. The van der Waals surface area contributed by atoms with E-state index in [0.29, 0.717) is 5.58 Å². The maximum absolute atomic E-state index is 10.8. The van der Waals surface area contributed by atoms with Crippen LogP contribution in [0, 0.1) is 6.92 Å². The van der Waals surface area contributed by atoms with Crippen LogP contribution >= 0.6 is 11.3 Å². The van der Waals surface area contributed by atoms with Crippen LogP contribution in [0.4, 0.5) is 0 Å². The molecule has 2 nitrogen and oxygen atoms in total. The summed E-state index contributed by atoms with van der Waals surface area (Å²) in [7, 11) is 0. The first kappa shape index (κ1) is 9.99. The molecule has 0 spiro atoms. The lowest BCUT2D eigenvalue weighted by atomic mass is 10.2. The second kappa shape index (κ2) is 4.23. The lowest BCUT2D eigenvalue weighted by Gasteiger charge is -1.87. The normalized spacial score (nSPS) is 9.46. The third-order valence-electron chi connectivity index (χ3n) is 1.49. The molecular formula is C10H12O2S. The van der Waals surface area contributed by atoms with Crippen LogP contribution < -0.4 is 4.94 Å². The van der Waals surface area contributed by atoms with Gasteiger partial charge in [0.1, 0.15) is 5.58 Å². The minimum absolute atomic E-state index is 0.231. The highest BCUT2D eigenvalue weighted by atomic mass is 32.1. The van der Waals surface area contributed by atoms with E-state index in [2.05, 4.69) is 0 Å². The van der Waals surface area contributed by atoms with Gasteiger partial charge in [-0.25, -0.2) is 4.79 Å². The van der Waals surface area contributed by atoms with Crippen LogP contribution in [-0.2, 0) is 0 Å². The van der Waals surface area contributed by atoms with Crippen LogP contribution in [0.15, 0.2) is 27.4 Å². The Bertz CT molecular complexity index is 439. The van der Waals surface area contributed by atoms with Gasteiger partial charge in [0.25, 0.3) is 0 Å². The summed E-state index contributed by atoms with van der Waals surface area (Å²) in [6.45, 7) is 5.99. The highest BCUT2D eigenvalue weighted by Crippen LogP contribution is 2.17. The van der Waals surface area contributed by atoms with Crippen molar-refractivity contribution in [3.05, 3.63) is 33.5 Å².